The number of aromatic nitrogens is 4. The number of likely N-dealkylation sites (tertiary alicyclic amines) is 1. The van der Waals surface area contributed by atoms with Crippen LogP contribution in [0.15, 0.2) is 37.3 Å². The molecule has 244 valence electrons. The lowest BCUT2D eigenvalue weighted by molar-refractivity contribution is -0.152. The number of carbonyl (C=O) groups is 5. The van der Waals surface area contributed by atoms with Gasteiger partial charge in [0.15, 0.2) is 6.04 Å². The number of hydrogen-bond acceptors (Lipinski definition) is 11. The third-order valence-corrected chi connectivity index (χ3v) is 7.23. The van der Waals surface area contributed by atoms with E-state index in [4.69, 9.17) is 14.2 Å². The topological polar surface area (TPSA) is 184 Å². The predicted octanol–water partition coefficient (Wildman–Crippen LogP) is 2.06. The molecule has 1 aliphatic heterocycles. The molecule has 1 aliphatic rings. The largest absolute Gasteiger partial charge is 0.467 e. The average molecular weight is 628 g/mol. The Morgan fingerprint density at radius 1 is 1.09 bits per heavy atom. The number of ether oxygens (including phenoxy) is 3. The number of rotatable bonds is 16. The fourth-order valence-corrected chi connectivity index (χ4v) is 5.02. The van der Waals surface area contributed by atoms with E-state index >= 15 is 0 Å². The standard InChI is InChI=1S/C30H41N7O8/c1-6-13-45-30(42)32-11-8-7-9-23(28(40)43-4)37-25(18-33-35-37)20-15-21(17-31-16-20)26(38)34-22-10-12-36(27(22)39)24(14-19(2)3)29(41)44-5/h6,15-19,22-24H,1,7-14H2,2-5H3,(H,32,42)(H,34,38)/t22-,23-,24+/m1/s1. The minimum atomic E-state index is -0.826. The first-order valence-corrected chi connectivity index (χ1v) is 14.7. The minimum absolute atomic E-state index is 0.107. The van der Waals surface area contributed by atoms with Crippen LogP contribution < -0.4 is 10.6 Å². The van der Waals surface area contributed by atoms with Crippen LogP contribution in [0.4, 0.5) is 4.79 Å². The number of esters is 2. The van der Waals surface area contributed by atoms with Gasteiger partial charge >= 0.3 is 18.0 Å². The van der Waals surface area contributed by atoms with Crippen molar-refractivity contribution >= 4 is 29.8 Å². The molecule has 2 aromatic rings. The summed E-state index contributed by atoms with van der Waals surface area (Å²) in [5.41, 5.74) is 1.08. The Bertz CT molecular complexity index is 1360. The Hall–Kier alpha value is -4.82. The van der Waals surface area contributed by atoms with E-state index < -0.39 is 42.1 Å². The minimum Gasteiger partial charge on any atom is -0.467 e. The molecule has 45 heavy (non-hydrogen) atoms. The molecular weight excluding hydrogens is 586 g/mol. The fraction of sp³-hybridized carbons (Fsp3) is 0.533. The first kappa shape index (κ1) is 34.7. The molecule has 3 atom stereocenters. The number of carbonyl (C=O) groups excluding carboxylic acids is 5. The molecule has 3 heterocycles. The van der Waals surface area contributed by atoms with Crippen molar-refractivity contribution in [1.29, 1.82) is 0 Å². The molecule has 0 radical (unpaired) electrons. The first-order chi connectivity index (χ1) is 21.6. The lowest BCUT2D eigenvalue weighted by Crippen LogP contribution is -2.48. The molecule has 0 aliphatic carbocycles. The summed E-state index contributed by atoms with van der Waals surface area (Å²) in [4.78, 5) is 68.8. The van der Waals surface area contributed by atoms with Crippen LogP contribution >= 0.6 is 0 Å². The van der Waals surface area contributed by atoms with E-state index in [1.807, 2.05) is 13.8 Å². The summed E-state index contributed by atoms with van der Waals surface area (Å²) in [6.07, 6.45) is 7.47. The van der Waals surface area contributed by atoms with Crippen LogP contribution in [0.1, 0.15) is 62.4 Å². The second kappa shape index (κ2) is 16.9. The zero-order chi connectivity index (χ0) is 32.9. The van der Waals surface area contributed by atoms with Crippen LogP contribution in [0.5, 0.6) is 0 Å². The van der Waals surface area contributed by atoms with E-state index in [1.165, 1.54) is 48.5 Å². The Balaban J connectivity index is 1.69. The molecule has 1 fully saturated rings. The Kier molecular flexibility index (Phi) is 13.0. The van der Waals surface area contributed by atoms with Gasteiger partial charge in [-0.3, -0.25) is 14.6 Å². The molecule has 15 nitrogen and oxygen atoms in total. The normalized spacial score (nSPS) is 15.7. The summed E-state index contributed by atoms with van der Waals surface area (Å²) in [6.45, 7) is 8.15. The lowest BCUT2D eigenvalue weighted by Gasteiger charge is -2.27. The summed E-state index contributed by atoms with van der Waals surface area (Å²) in [6, 6.07) is -0.791. The molecular formula is C30H41N7O8. The van der Waals surface area contributed by atoms with E-state index in [2.05, 4.69) is 32.5 Å². The van der Waals surface area contributed by atoms with E-state index in [1.54, 1.807) is 6.07 Å². The lowest BCUT2D eigenvalue weighted by atomic mass is 10.0. The van der Waals surface area contributed by atoms with Gasteiger partial charge in [-0.2, -0.15) is 0 Å². The summed E-state index contributed by atoms with van der Waals surface area (Å²) < 4.78 is 16.2. The van der Waals surface area contributed by atoms with Gasteiger partial charge in [0.1, 0.15) is 18.7 Å². The van der Waals surface area contributed by atoms with Crippen molar-refractivity contribution in [2.75, 3.05) is 33.9 Å². The van der Waals surface area contributed by atoms with Crippen LogP contribution in [0.25, 0.3) is 11.3 Å². The maximum Gasteiger partial charge on any atom is 0.407 e. The van der Waals surface area contributed by atoms with Crippen molar-refractivity contribution in [2.24, 2.45) is 5.92 Å². The fourth-order valence-electron chi connectivity index (χ4n) is 5.02. The monoisotopic (exact) mass is 627 g/mol. The molecule has 15 heteroatoms. The predicted molar refractivity (Wildman–Crippen MR) is 161 cm³/mol. The van der Waals surface area contributed by atoms with E-state index in [0.29, 0.717) is 56.5 Å². The second-order valence-electron chi connectivity index (χ2n) is 10.9. The summed E-state index contributed by atoms with van der Waals surface area (Å²) in [7, 11) is 2.56. The highest BCUT2D eigenvalue weighted by Crippen LogP contribution is 2.26. The second-order valence-corrected chi connectivity index (χ2v) is 10.9. The van der Waals surface area contributed by atoms with Crippen LogP contribution in [-0.2, 0) is 28.6 Å². The van der Waals surface area contributed by atoms with Crippen molar-refractivity contribution < 1.29 is 38.2 Å². The van der Waals surface area contributed by atoms with Gasteiger partial charge in [-0.1, -0.05) is 31.7 Å². The molecule has 2 aromatic heterocycles. The highest BCUT2D eigenvalue weighted by atomic mass is 16.5. The number of amides is 3. The number of unbranched alkanes of at least 4 members (excludes halogenated alkanes) is 1. The first-order valence-electron chi connectivity index (χ1n) is 14.7. The quantitative estimate of drug-likeness (QED) is 0.120. The third kappa shape index (κ3) is 9.33. The maximum absolute atomic E-state index is 13.2. The van der Waals surface area contributed by atoms with Crippen LogP contribution in [-0.4, -0.2) is 101 Å². The highest BCUT2D eigenvalue weighted by molar-refractivity contribution is 5.99. The number of nitrogens with one attached hydrogen (secondary N) is 2. The number of methoxy groups -OCH3 is 2. The molecule has 3 amide bonds. The van der Waals surface area contributed by atoms with Crippen molar-refractivity contribution in [3.8, 4) is 11.3 Å². The summed E-state index contributed by atoms with van der Waals surface area (Å²) in [5, 5.41) is 13.5. The Labute approximate surface area is 261 Å². The van der Waals surface area contributed by atoms with Crippen LogP contribution in [0, 0.1) is 5.92 Å². The highest BCUT2D eigenvalue weighted by Gasteiger charge is 2.40. The van der Waals surface area contributed by atoms with Crippen molar-refractivity contribution in [2.45, 2.75) is 64.1 Å². The van der Waals surface area contributed by atoms with Gasteiger partial charge in [-0.15, -0.1) is 5.10 Å². The molecule has 0 bridgehead atoms. The van der Waals surface area contributed by atoms with Gasteiger partial charge in [0, 0.05) is 31.0 Å². The molecule has 1 saturated heterocycles. The van der Waals surface area contributed by atoms with E-state index in [9.17, 15) is 24.0 Å². The van der Waals surface area contributed by atoms with Gasteiger partial charge in [-0.25, -0.2) is 19.1 Å². The van der Waals surface area contributed by atoms with Gasteiger partial charge < -0.3 is 29.7 Å². The zero-order valence-corrected chi connectivity index (χ0v) is 26.1. The average Bonchev–Trinajstić information content (AvgIpc) is 3.66. The Morgan fingerprint density at radius 2 is 1.82 bits per heavy atom. The van der Waals surface area contributed by atoms with Crippen LogP contribution in [0.3, 0.4) is 0 Å². The Morgan fingerprint density at radius 3 is 2.51 bits per heavy atom. The molecule has 2 N–H and O–H groups in total. The van der Waals surface area contributed by atoms with Crippen molar-refractivity contribution in [3.05, 3.63) is 42.9 Å². The van der Waals surface area contributed by atoms with Crippen molar-refractivity contribution in [3.63, 3.8) is 0 Å². The zero-order valence-electron chi connectivity index (χ0n) is 26.1. The van der Waals surface area contributed by atoms with Crippen molar-refractivity contribution in [1.82, 2.24) is 35.5 Å². The summed E-state index contributed by atoms with van der Waals surface area (Å²) in [5.74, 6) is -1.74. The third-order valence-electron chi connectivity index (χ3n) is 7.23. The maximum atomic E-state index is 13.2. The molecule has 3 rings (SSSR count). The molecule has 0 spiro atoms. The van der Waals surface area contributed by atoms with Gasteiger partial charge in [0.2, 0.25) is 5.91 Å². The van der Waals surface area contributed by atoms with E-state index in [-0.39, 0.29) is 24.0 Å². The summed E-state index contributed by atoms with van der Waals surface area (Å²) >= 11 is 0. The van der Waals surface area contributed by atoms with Gasteiger partial charge in [0.25, 0.3) is 5.91 Å². The van der Waals surface area contributed by atoms with E-state index in [0.717, 1.165) is 0 Å². The van der Waals surface area contributed by atoms with Gasteiger partial charge in [0.05, 0.1) is 31.7 Å². The molecule has 0 aromatic carbocycles. The molecule has 0 saturated carbocycles. The molecule has 0 unspecified atom stereocenters. The number of pyridine rings is 1. The SMILES string of the molecule is C=CCOC(=O)NCCCC[C@H](C(=O)OC)n1nncc1-c1cncc(C(=O)N[C@@H]2CCN([C@@H](CC(C)C)C(=O)OC)C2=O)c1. The number of hydrogen-bond donors (Lipinski definition) is 2. The number of alkyl carbamates (subject to hydrolysis) is 1. The number of nitrogens with zero attached hydrogens (tertiary/aromatic N) is 5. The van der Waals surface area contributed by atoms with Crippen LogP contribution in [0.2, 0.25) is 0 Å². The van der Waals surface area contributed by atoms with Gasteiger partial charge in [-0.05, 0) is 44.1 Å². The smallest absolute Gasteiger partial charge is 0.407 e.